The summed E-state index contributed by atoms with van der Waals surface area (Å²) in [6, 6.07) is 1.82. The van der Waals surface area contributed by atoms with Gasteiger partial charge < -0.3 is 5.11 Å². The lowest BCUT2D eigenvalue weighted by molar-refractivity contribution is 0.405. The van der Waals surface area contributed by atoms with Crippen LogP contribution in [0.25, 0.3) is 22.2 Å². The third-order valence-electron chi connectivity index (χ3n) is 3.06. The van der Waals surface area contributed by atoms with Gasteiger partial charge in [-0.05, 0) is 13.8 Å². The van der Waals surface area contributed by atoms with Gasteiger partial charge >= 0.3 is 0 Å². The number of rotatable bonds is 1. The second-order valence-corrected chi connectivity index (χ2v) is 5.13. The molecule has 3 rings (SSSR count). The van der Waals surface area contributed by atoms with Gasteiger partial charge in [-0.15, -0.1) is 0 Å². The lowest BCUT2D eigenvalue weighted by Crippen LogP contribution is -2.01. The molecule has 1 aromatic carbocycles. The van der Waals surface area contributed by atoms with E-state index < -0.39 is 11.6 Å². The lowest BCUT2D eigenvalue weighted by atomic mass is 10.2. The molecule has 0 atom stereocenters. The smallest absolute Gasteiger partial charge is 0.214 e. The Morgan fingerprint density at radius 1 is 1.15 bits per heavy atom. The third-order valence-corrected chi connectivity index (χ3v) is 3.41. The number of aromatic nitrogens is 3. The Bertz CT molecular complexity index is 845. The van der Waals surface area contributed by atoms with Gasteiger partial charge in [0.25, 0.3) is 0 Å². The van der Waals surface area contributed by atoms with Crippen LogP contribution >= 0.6 is 11.6 Å². The molecule has 2 heterocycles. The van der Waals surface area contributed by atoms with Crippen molar-refractivity contribution in [3.8, 4) is 5.88 Å². The summed E-state index contributed by atoms with van der Waals surface area (Å²) in [5.41, 5.74) is 0.976. The molecule has 104 valence electrons. The second kappa shape index (κ2) is 4.28. The Labute approximate surface area is 117 Å². The molecular formula is C13H10ClF2N3O. The minimum atomic E-state index is -1.00. The molecule has 0 saturated heterocycles. The van der Waals surface area contributed by atoms with Crippen molar-refractivity contribution in [1.29, 1.82) is 0 Å². The number of hydrogen-bond donors (Lipinski definition) is 1. The predicted octanol–water partition coefficient (Wildman–Crippen LogP) is 3.80. The molecule has 0 amide bonds. The summed E-state index contributed by atoms with van der Waals surface area (Å²) < 4.78 is 28.0. The van der Waals surface area contributed by atoms with Crippen LogP contribution in [-0.4, -0.2) is 19.6 Å². The zero-order chi connectivity index (χ0) is 14.6. The van der Waals surface area contributed by atoms with Crippen molar-refractivity contribution in [1.82, 2.24) is 14.5 Å². The van der Waals surface area contributed by atoms with Crippen molar-refractivity contribution < 1.29 is 13.9 Å². The Hall–Kier alpha value is -1.95. The molecule has 0 bridgehead atoms. The molecule has 4 nitrogen and oxygen atoms in total. The molecule has 0 aliphatic rings. The highest BCUT2D eigenvalue weighted by molar-refractivity contribution is 6.36. The van der Waals surface area contributed by atoms with E-state index in [9.17, 15) is 13.9 Å². The summed E-state index contributed by atoms with van der Waals surface area (Å²) in [6.07, 6.45) is 0. The normalized spacial score (nSPS) is 11.9. The van der Waals surface area contributed by atoms with E-state index in [1.54, 1.807) is 0 Å². The molecule has 0 unspecified atom stereocenters. The van der Waals surface area contributed by atoms with Crippen molar-refractivity contribution >= 4 is 33.8 Å². The van der Waals surface area contributed by atoms with Crippen LogP contribution in [0.15, 0.2) is 12.1 Å². The maximum absolute atomic E-state index is 13.3. The lowest BCUT2D eigenvalue weighted by Gasteiger charge is -2.09. The molecule has 20 heavy (non-hydrogen) atoms. The summed E-state index contributed by atoms with van der Waals surface area (Å²) in [5, 5.41) is 10.1. The maximum Gasteiger partial charge on any atom is 0.214 e. The predicted molar refractivity (Wildman–Crippen MR) is 72.0 cm³/mol. The summed E-state index contributed by atoms with van der Waals surface area (Å²) in [7, 11) is 0. The first-order chi connectivity index (χ1) is 9.40. The molecule has 0 saturated carbocycles. The monoisotopic (exact) mass is 297 g/mol. The van der Waals surface area contributed by atoms with Crippen LogP contribution in [0.5, 0.6) is 5.88 Å². The van der Waals surface area contributed by atoms with Crippen molar-refractivity contribution in [3.63, 3.8) is 0 Å². The van der Waals surface area contributed by atoms with Gasteiger partial charge in [0, 0.05) is 18.2 Å². The largest absolute Gasteiger partial charge is 0.493 e. The van der Waals surface area contributed by atoms with Gasteiger partial charge in [0.15, 0.2) is 17.3 Å². The van der Waals surface area contributed by atoms with E-state index in [2.05, 4.69) is 9.97 Å². The minimum absolute atomic E-state index is 0.0489. The molecule has 2 aromatic heterocycles. The van der Waals surface area contributed by atoms with Crippen LogP contribution < -0.4 is 0 Å². The quantitative estimate of drug-likeness (QED) is 0.743. The molecular weight excluding hydrogens is 288 g/mol. The number of benzene rings is 1. The van der Waals surface area contributed by atoms with Crippen LogP contribution in [0.1, 0.15) is 19.9 Å². The average Bonchev–Trinajstić information content (AvgIpc) is 2.61. The molecule has 0 radical (unpaired) electrons. The molecule has 1 N–H and O–H groups in total. The summed E-state index contributed by atoms with van der Waals surface area (Å²) in [4.78, 5) is 8.39. The van der Waals surface area contributed by atoms with E-state index >= 15 is 0 Å². The van der Waals surface area contributed by atoms with Crippen LogP contribution in [0, 0.1) is 11.6 Å². The highest BCUT2D eigenvalue weighted by Gasteiger charge is 2.20. The number of nitrogens with zero attached hydrogens (tertiary/aromatic N) is 3. The van der Waals surface area contributed by atoms with E-state index in [1.807, 2.05) is 13.8 Å². The van der Waals surface area contributed by atoms with Crippen molar-refractivity contribution in [3.05, 3.63) is 28.8 Å². The number of fused-ring (bicyclic) bond motifs is 2. The number of aromatic hydroxyl groups is 1. The van der Waals surface area contributed by atoms with Gasteiger partial charge in [0.2, 0.25) is 5.88 Å². The average molecular weight is 298 g/mol. The Balaban J connectivity index is 2.48. The fourth-order valence-corrected chi connectivity index (χ4v) is 2.38. The number of halogens is 3. The van der Waals surface area contributed by atoms with Gasteiger partial charge in [-0.1, -0.05) is 11.6 Å². The molecule has 7 heteroatoms. The van der Waals surface area contributed by atoms with Crippen molar-refractivity contribution in [2.75, 3.05) is 0 Å². The zero-order valence-corrected chi connectivity index (χ0v) is 11.4. The zero-order valence-electron chi connectivity index (χ0n) is 10.7. The van der Waals surface area contributed by atoms with E-state index in [0.29, 0.717) is 5.65 Å². The van der Waals surface area contributed by atoms with Crippen LogP contribution in [0.4, 0.5) is 8.78 Å². The number of hydrogen-bond acceptors (Lipinski definition) is 3. The fourth-order valence-electron chi connectivity index (χ4n) is 2.16. The maximum atomic E-state index is 13.3. The summed E-state index contributed by atoms with van der Waals surface area (Å²) in [5.74, 6) is -2.16. The Kier molecular flexibility index (Phi) is 2.79. The second-order valence-electron chi connectivity index (χ2n) is 4.75. The fraction of sp³-hybridized carbons (Fsp3) is 0.231. The van der Waals surface area contributed by atoms with Crippen LogP contribution in [-0.2, 0) is 0 Å². The standard InChI is InChI=1S/C13H10ClF2N3O/c1-5(2)19-12-11(10(14)13(19)20)17-8-3-6(15)7(16)4-9(8)18-12/h3-5,20H,1-2H3. The first kappa shape index (κ1) is 13.1. The molecule has 0 fully saturated rings. The first-order valence-electron chi connectivity index (χ1n) is 5.95. The first-order valence-corrected chi connectivity index (χ1v) is 6.33. The van der Waals surface area contributed by atoms with Gasteiger partial charge in [-0.25, -0.2) is 18.7 Å². The summed E-state index contributed by atoms with van der Waals surface area (Å²) >= 11 is 6.02. The van der Waals surface area contributed by atoms with Crippen LogP contribution in [0.3, 0.4) is 0 Å². The van der Waals surface area contributed by atoms with E-state index in [-0.39, 0.29) is 33.5 Å². The van der Waals surface area contributed by atoms with Crippen molar-refractivity contribution in [2.45, 2.75) is 19.9 Å². The SMILES string of the molecule is CC(C)n1c(O)c(Cl)c2nc3cc(F)c(F)cc3nc21. The highest BCUT2D eigenvalue weighted by atomic mass is 35.5. The van der Waals surface area contributed by atoms with E-state index in [0.717, 1.165) is 12.1 Å². The third kappa shape index (κ3) is 1.71. The van der Waals surface area contributed by atoms with E-state index in [4.69, 9.17) is 11.6 Å². The molecule has 0 spiro atoms. The molecule has 3 aromatic rings. The van der Waals surface area contributed by atoms with Gasteiger partial charge in [0.05, 0.1) is 11.0 Å². The summed E-state index contributed by atoms with van der Waals surface area (Å²) in [6.45, 7) is 3.68. The van der Waals surface area contributed by atoms with Gasteiger partial charge in [-0.3, -0.25) is 4.57 Å². The van der Waals surface area contributed by atoms with E-state index in [1.165, 1.54) is 4.57 Å². The highest BCUT2D eigenvalue weighted by Crippen LogP contribution is 2.36. The minimum Gasteiger partial charge on any atom is -0.493 e. The Morgan fingerprint density at radius 3 is 2.25 bits per heavy atom. The Morgan fingerprint density at radius 2 is 1.70 bits per heavy atom. The topological polar surface area (TPSA) is 50.9 Å². The van der Waals surface area contributed by atoms with Gasteiger partial charge in [-0.2, -0.15) is 0 Å². The van der Waals surface area contributed by atoms with Crippen LogP contribution in [0.2, 0.25) is 5.02 Å². The molecule has 0 aliphatic heterocycles. The van der Waals surface area contributed by atoms with Crippen molar-refractivity contribution in [2.24, 2.45) is 0 Å². The molecule has 0 aliphatic carbocycles. The van der Waals surface area contributed by atoms with Gasteiger partial charge in [0.1, 0.15) is 10.5 Å².